The highest BCUT2D eigenvalue weighted by molar-refractivity contribution is 5.88. The van der Waals surface area contributed by atoms with Crippen LogP contribution in [0.25, 0.3) is 22.4 Å². The quantitative estimate of drug-likeness (QED) is 0.410. The van der Waals surface area contributed by atoms with E-state index in [2.05, 4.69) is 10.4 Å². The Labute approximate surface area is 200 Å². The average Bonchev–Trinajstić information content (AvgIpc) is 3.54. The number of aromatic nitrogens is 5. The fraction of sp³-hybridized carbons (Fsp3) is 0.154. The van der Waals surface area contributed by atoms with Crippen LogP contribution in [-0.2, 0) is 11.3 Å². The summed E-state index contributed by atoms with van der Waals surface area (Å²) in [5.74, 6) is -0.295. The van der Waals surface area contributed by atoms with E-state index in [1.165, 1.54) is 10.7 Å². The molecule has 0 spiro atoms. The number of rotatable bonds is 6. The van der Waals surface area contributed by atoms with E-state index in [0.717, 1.165) is 5.69 Å². The predicted molar refractivity (Wildman–Crippen MR) is 130 cm³/mol. The minimum absolute atomic E-state index is 0.00633. The first-order valence-corrected chi connectivity index (χ1v) is 11.2. The SMILES string of the molecule is Cc1nn([C@H](C)C(=O)NCc2ccccc2F)c(=O)c2c(-n3cccc3)n(-c3ccccc3)nc12. The number of para-hydroxylation sites is 1. The lowest BCUT2D eigenvalue weighted by Gasteiger charge is -2.15. The van der Waals surface area contributed by atoms with Crippen molar-refractivity contribution in [2.75, 3.05) is 0 Å². The summed E-state index contributed by atoms with van der Waals surface area (Å²) >= 11 is 0. The van der Waals surface area contributed by atoms with E-state index in [-0.39, 0.29) is 6.54 Å². The molecule has 1 amide bonds. The summed E-state index contributed by atoms with van der Waals surface area (Å²) in [5.41, 5.74) is 1.67. The molecule has 5 aromatic rings. The molecule has 0 fully saturated rings. The maximum Gasteiger partial charge on any atom is 0.280 e. The number of fused-ring (bicyclic) bond motifs is 1. The fourth-order valence-corrected chi connectivity index (χ4v) is 4.04. The molecular formula is C26H23FN6O2. The van der Waals surface area contributed by atoms with Gasteiger partial charge in [-0.2, -0.15) is 10.2 Å². The molecule has 5 rings (SSSR count). The number of carbonyl (C=O) groups excluding carboxylic acids is 1. The summed E-state index contributed by atoms with van der Waals surface area (Å²) in [6.45, 7) is 3.35. The summed E-state index contributed by atoms with van der Waals surface area (Å²) < 4.78 is 18.6. The Morgan fingerprint density at radius 1 is 1.00 bits per heavy atom. The summed E-state index contributed by atoms with van der Waals surface area (Å²) in [5, 5.41) is 12.2. The molecule has 0 saturated heterocycles. The van der Waals surface area contributed by atoms with E-state index in [4.69, 9.17) is 5.10 Å². The number of nitrogens with zero attached hydrogens (tertiary/aromatic N) is 5. The van der Waals surface area contributed by atoms with Crippen molar-refractivity contribution in [1.82, 2.24) is 29.4 Å². The number of hydrogen-bond donors (Lipinski definition) is 1. The summed E-state index contributed by atoms with van der Waals surface area (Å²) in [4.78, 5) is 26.6. The molecule has 35 heavy (non-hydrogen) atoms. The number of hydrogen-bond acceptors (Lipinski definition) is 4. The van der Waals surface area contributed by atoms with E-state index in [1.54, 1.807) is 36.7 Å². The Bertz CT molecular complexity index is 1570. The Morgan fingerprint density at radius 2 is 1.69 bits per heavy atom. The third-order valence-corrected chi connectivity index (χ3v) is 5.89. The maximum absolute atomic E-state index is 13.9. The Kier molecular flexibility index (Phi) is 5.74. The van der Waals surface area contributed by atoms with E-state index in [9.17, 15) is 14.0 Å². The molecular weight excluding hydrogens is 447 g/mol. The van der Waals surface area contributed by atoms with Crippen molar-refractivity contribution >= 4 is 16.8 Å². The van der Waals surface area contributed by atoms with Gasteiger partial charge in [0.1, 0.15) is 22.8 Å². The van der Waals surface area contributed by atoms with Gasteiger partial charge in [-0.25, -0.2) is 13.8 Å². The second-order valence-electron chi connectivity index (χ2n) is 8.21. The number of aryl methyl sites for hydroxylation is 1. The molecule has 0 aliphatic heterocycles. The smallest absolute Gasteiger partial charge is 0.280 e. The zero-order chi connectivity index (χ0) is 24.5. The topological polar surface area (TPSA) is 86.7 Å². The Morgan fingerprint density at radius 3 is 2.40 bits per heavy atom. The third-order valence-electron chi connectivity index (χ3n) is 5.89. The molecule has 0 bridgehead atoms. The van der Waals surface area contributed by atoms with Crippen LogP contribution in [-0.4, -0.2) is 30.0 Å². The Hall–Kier alpha value is -4.53. The van der Waals surface area contributed by atoms with Crippen LogP contribution in [0.5, 0.6) is 0 Å². The zero-order valence-electron chi connectivity index (χ0n) is 19.2. The molecule has 2 aromatic carbocycles. The molecule has 3 aromatic heterocycles. The van der Waals surface area contributed by atoms with Gasteiger partial charge < -0.3 is 9.88 Å². The molecule has 0 aliphatic carbocycles. The van der Waals surface area contributed by atoms with Crippen molar-refractivity contribution in [3.05, 3.63) is 107 Å². The molecule has 0 radical (unpaired) electrons. The lowest BCUT2D eigenvalue weighted by molar-refractivity contribution is -0.124. The predicted octanol–water partition coefficient (Wildman–Crippen LogP) is 3.70. The van der Waals surface area contributed by atoms with Gasteiger partial charge in [-0.1, -0.05) is 36.4 Å². The molecule has 1 atom stereocenters. The average molecular weight is 471 g/mol. The van der Waals surface area contributed by atoms with Gasteiger partial charge in [0.05, 0.1) is 11.4 Å². The third kappa shape index (κ3) is 4.01. The van der Waals surface area contributed by atoms with Crippen molar-refractivity contribution in [1.29, 1.82) is 0 Å². The normalized spacial score (nSPS) is 12.1. The Balaban J connectivity index is 1.59. The molecule has 0 aliphatic rings. The van der Waals surface area contributed by atoms with E-state index >= 15 is 0 Å². The molecule has 3 heterocycles. The lowest BCUT2D eigenvalue weighted by atomic mass is 10.2. The van der Waals surface area contributed by atoms with Crippen molar-refractivity contribution in [3.63, 3.8) is 0 Å². The van der Waals surface area contributed by atoms with E-state index in [1.807, 2.05) is 59.4 Å². The van der Waals surface area contributed by atoms with Gasteiger partial charge >= 0.3 is 0 Å². The van der Waals surface area contributed by atoms with Crippen molar-refractivity contribution in [2.24, 2.45) is 0 Å². The van der Waals surface area contributed by atoms with Crippen LogP contribution < -0.4 is 10.9 Å². The van der Waals surface area contributed by atoms with Crippen LogP contribution >= 0.6 is 0 Å². The van der Waals surface area contributed by atoms with Crippen LogP contribution in [0, 0.1) is 12.7 Å². The molecule has 9 heteroatoms. The van der Waals surface area contributed by atoms with Gasteiger partial charge in [0.15, 0.2) is 5.82 Å². The van der Waals surface area contributed by atoms with E-state index in [0.29, 0.717) is 28.0 Å². The number of halogens is 1. The van der Waals surface area contributed by atoms with Crippen LogP contribution in [0.3, 0.4) is 0 Å². The van der Waals surface area contributed by atoms with Crippen molar-refractivity contribution in [3.8, 4) is 11.5 Å². The molecule has 1 N–H and O–H groups in total. The highest BCUT2D eigenvalue weighted by atomic mass is 19.1. The van der Waals surface area contributed by atoms with E-state index < -0.39 is 23.3 Å². The maximum atomic E-state index is 13.9. The van der Waals surface area contributed by atoms with Crippen LogP contribution in [0.1, 0.15) is 24.2 Å². The van der Waals surface area contributed by atoms with Gasteiger partial charge in [0.2, 0.25) is 5.91 Å². The summed E-state index contributed by atoms with van der Waals surface area (Å²) in [7, 11) is 0. The number of carbonyl (C=O) groups is 1. The first-order valence-electron chi connectivity index (χ1n) is 11.2. The summed E-state index contributed by atoms with van der Waals surface area (Å²) in [6.07, 6.45) is 3.67. The largest absolute Gasteiger partial charge is 0.350 e. The van der Waals surface area contributed by atoms with Crippen LogP contribution in [0.2, 0.25) is 0 Å². The number of amides is 1. The molecule has 0 saturated carbocycles. The molecule has 8 nitrogen and oxygen atoms in total. The van der Waals surface area contributed by atoms with Crippen LogP contribution in [0.4, 0.5) is 4.39 Å². The van der Waals surface area contributed by atoms with Gasteiger partial charge in [-0.05, 0) is 44.2 Å². The highest BCUT2D eigenvalue weighted by Gasteiger charge is 2.25. The second kappa shape index (κ2) is 9.02. The second-order valence-corrected chi connectivity index (χ2v) is 8.21. The minimum atomic E-state index is -0.921. The summed E-state index contributed by atoms with van der Waals surface area (Å²) in [6, 6.07) is 18.5. The lowest BCUT2D eigenvalue weighted by Crippen LogP contribution is -2.37. The molecule has 0 unspecified atom stereocenters. The van der Waals surface area contributed by atoms with Gasteiger partial charge in [0.25, 0.3) is 5.56 Å². The number of benzene rings is 2. The van der Waals surface area contributed by atoms with Gasteiger partial charge in [-0.15, -0.1) is 0 Å². The monoisotopic (exact) mass is 470 g/mol. The first-order chi connectivity index (χ1) is 17.0. The standard InChI is InChI=1S/C26H23FN6O2/c1-17-23-22(25(31-14-8-9-15-31)33(30-23)20-11-4-3-5-12-20)26(35)32(29-17)18(2)24(34)28-16-19-10-6-7-13-21(19)27/h3-15,18H,16H2,1-2H3,(H,28,34)/t18-/m1/s1. The van der Waals surface area contributed by atoms with Gasteiger partial charge in [-0.3, -0.25) is 9.59 Å². The zero-order valence-corrected chi connectivity index (χ0v) is 19.2. The minimum Gasteiger partial charge on any atom is -0.350 e. The van der Waals surface area contributed by atoms with Crippen molar-refractivity contribution < 1.29 is 9.18 Å². The molecule has 176 valence electrons. The van der Waals surface area contributed by atoms with Crippen LogP contribution in [0.15, 0.2) is 83.9 Å². The highest BCUT2D eigenvalue weighted by Crippen LogP contribution is 2.25. The van der Waals surface area contributed by atoms with Crippen molar-refractivity contribution in [2.45, 2.75) is 26.4 Å². The fourth-order valence-electron chi connectivity index (χ4n) is 4.04. The first kappa shape index (κ1) is 22.3. The van der Waals surface area contributed by atoms with Gasteiger partial charge in [0, 0.05) is 24.5 Å². The number of nitrogens with one attached hydrogen (secondary N) is 1.